The smallest absolute Gasteiger partial charge is 0.225 e. The number of hydrogen-bond acceptors (Lipinski definition) is 9. The highest BCUT2D eigenvalue weighted by atomic mass is 16.5. The van der Waals surface area contributed by atoms with Gasteiger partial charge in [0.05, 0.1) is 11.6 Å². The van der Waals surface area contributed by atoms with Crippen LogP contribution in [0.15, 0.2) is 48.8 Å². The third-order valence-corrected chi connectivity index (χ3v) is 7.56. The maximum Gasteiger partial charge on any atom is 0.225 e. The molecule has 10 heteroatoms. The van der Waals surface area contributed by atoms with Gasteiger partial charge in [0.1, 0.15) is 18.2 Å². The van der Waals surface area contributed by atoms with Gasteiger partial charge in [-0.3, -0.25) is 15.0 Å². The van der Waals surface area contributed by atoms with E-state index in [9.17, 15) is 0 Å². The summed E-state index contributed by atoms with van der Waals surface area (Å²) in [5, 5.41) is 24.4. The standard InChI is InChI=1S/C30H37N9O/c1-4-23-15-22(16-24(5-2)39(23)13-7-11-31)33-30-34-27-17-25(40-19-21-8-6-12-32-18-21)9-10-26(27)29(36-30)35-28-14-20(3)37-38-28/h6,8-10,12,14,17-18,22-24H,4-5,7,13,15-16,19H2,1-3H3,(H3,33,34,35,36,37,38). The van der Waals surface area contributed by atoms with E-state index >= 15 is 0 Å². The Kier molecular flexibility index (Phi) is 8.71. The first-order valence-corrected chi connectivity index (χ1v) is 14.1. The Bertz CT molecular complexity index is 1430. The van der Waals surface area contributed by atoms with Crippen LogP contribution in [0.5, 0.6) is 5.75 Å². The molecule has 0 saturated carbocycles. The number of likely N-dealkylation sites (tertiary alicyclic amines) is 1. The lowest BCUT2D eigenvalue weighted by Gasteiger charge is -2.45. The minimum atomic E-state index is 0.233. The monoisotopic (exact) mass is 539 g/mol. The second kappa shape index (κ2) is 12.7. The van der Waals surface area contributed by atoms with Crippen molar-refractivity contribution < 1.29 is 4.74 Å². The predicted molar refractivity (Wildman–Crippen MR) is 156 cm³/mol. The first-order chi connectivity index (χ1) is 19.6. The zero-order valence-corrected chi connectivity index (χ0v) is 23.4. The van der Waals surface area contributed by atoms with Crippen LogP contribution in [-0.2, 0) is 6.61 Å². The van der Waals surface area contributed by atoms with E-state index in [2.05, 4.69) is 50.6 Å². The zero-order valence-electron chi connectivity index (χ0n) is 23.4. The fourth-order valence-corrected chi connectivity index (χ4v) is 5.58. The van der Waals surface area contributed by atoms with Crippen molar-refractivity contribution in [3.63, 3.8) is 0 Å². The molecule has 1 aliphatic heterocycles. The van der Waals surface area contributed by atoms with E-state index in [4.69, 9.17) is 20.0 Å². The van der Waals surface area contributed by atoms with E-state index in [0.29, 0.717) is 42.7 Å². The normalized spacial score (nSPS) is 19.3. The van der Waals surface area contributed by atoms with Crippen molar-refractivity contribution in [2.24, 2.45) is 0 Å². The summed E-state index contributed by atoms with van der Waals surface area (Å²) in [4.78, 5) is 16.5. The third-order valence-electron chi connectivity index (χ3n) is 7.56. The van der Waals surface area contributed by atoms with Crippen LogP contribution in [0.2, 0.25) is 0 Å². The summed E-state index contributed by atoms with van der Waals surface area (Å²) in [6, 6.07) is 15.1. The average molecular weight is 540 g/mol. The molecule has 5 rings (SSSR count). The number of ether oxygens (including phenoxy) is 1. The first-order valence-electron chi connectivity index (χ1n) is 14.1. The molecule has 0 bridgehead atoms. The summed E-state index contributed by atoms with van der Waals surface area (Å²) in [7, 11) is 0. The molecule has 40 heavy (non-hydrogen) atoms. The van der Waals surface area contributed by atoms with Crippen molar-refractivity contribution in [3.8, 4) is 11.8 Å². The minimum Gasteiger partial charge on any atom is -0.489 e. The number of H-pyrrole nitrogens is 1. The van der Waals surface area contributed by atoms with E-state index in [1.54, 1.807) is 12.4 Å². The summed E-state index contributed by atoms with van der Waals surface area (Å²) in [6.07, 6.45) is 8.17. The maximum absolute atomic E-state index is 9.16. The Labute approximate surface area is 235 Å². The molecule has 4 heterocycles. The van der Waals surface area contributed by atoms with Crippen LogP contribution in [0.4, 0.5) is 17.6 Å². The summed E-state index contributed by atoms with van der Waals surface area (Å²) in [6.45, 7) is 7.67. The van der Waals surface area contributed by atoms with Crippen LogP contribution in [0.1, 0.15) is 57.2 Å². The lowest BCUT2D eigenvalue weighted by molar-refractivity contribution is 0.0734. The molecule has 2 atom stereocenters. The van der Waals surface area contributed by atoms with Gasteiger partial charge in [0.25, 0.3) is 0 Å². The molecule has 0 aliphatic carbocycles. The van der Waals surface area contributed by atoms with Crippen molar-refractivity contribution in [2.75, 3.05) is 17.2 Å². The van der Waals surface area contributed by atoms with Crippen LogP contribution in [0.3, 0.4) is 0 Å². The number of nitriles is 1. The first kappa shape index (κ1) is 27.3. The summed E-state index contributed by atoms with van der Waals surface area (Å²) >= 11 is 0. The van der Waals surface area contributed by atoms with Gasteiger partial charge in [0, 0.05) is 72.3 Å². The second-order valence-electron chi connectivity index (χ2n) is 10.4. The molecule has 0 spiro atoms. The highest BCUT2D eigenvalue weighted by Crippen LogP contribution is 2.32. The number of benzene rings is 1. The van der Waals surface area contributed by atoms with Gasteiger partial charge in [0.15, 0.2) is 5.82 Å². The van der Waals surface area contributed by atoms with Gasteiger partial charge in [-0.05, 0) is 50.8 Å². The van der Waals surface area contributed by atoms with Crippen molar-refractivity contribution in [1.29, 1.82) is 5.26 Å². The summed E-state index contributed by atoms with van der Waals surface area (Å²) in [5.41, 5.74) is 2.74. The quantitative estimate of drug-likeness (QED) is 0.219. The Balaban J connectivity index is 1.42. The van der Waals surface area contributed by atoms with Crippen molar-refractivity contribution in [1.82, 2.24) is 30.0 Å². The lowest BCUT2D eigenvalue weighted by Crippen LogP contribution is -2.52. The number of nitrogens with one attached hydrogen (secondary N) is 3. The van der Waals surface area contributed by atoms with Crippen molar-refractivity contribution in [2.45, 2.75) is 77.6 Å². The third kappa shape index (κ3) is 6.49. The molecule has 1 aromatic carbocycles. The number of aromatic amines is 1. The molecule has 0 radical (unpaired) electrons. The van der Waals surface area contributed by atoms with E-state index in [-0.39, 0.29) is 6.04 Å². The molecule has 0 amide bonds. The van der Waals surface area contributed by atoms with Crippen LogP contribution in [0.25, 0.3) is 10.9 Å². The summed E-state index contributed by atoms with van der Waals surface area (Å²) in [5.74, 6) is 2.68. The molecule has 2 unspecified atom stereocenters. The van der Waals surface area contributed by atoms with Gasteiger partial charge in [0.2, 0.25) is 5.95 Å². The molecule has 3 aromatic heterocycles. The molecule has 1 saturated heterocycles. The molecular weight excluding hydrogens is 502 g/mol. The highest BCUT2D eigenvalue weighted by molar-refractivity contribution is 5.92. The number of fused-ring (bicyclic) bond motifs is 1. The van der Waals surface area contributed by atoms with Gasteiger partial charge in [-0.15, -0.1) is 0 Å². The molecular formula is C30H37N9O. The number of nitrogens with zero attached hydrogens (tertiary/aromatic N) is 6. The van der Waals surface area contributed by atoms with Gasteiger partial charge < -0.3 is 15.4 Å². The number of hydrogen-bond donors (Lipinski definition) is 3. The Morgan fingerprint density at radius 1 is 1.12 bits per heavy atom. The maximum atomic E-state index is 9.16. The van der Waals surface area contributed by atoms with Gasteiger partial charge in [-0.2, -0.15) is 15.3 Å². The SMILES string of the molecule is CCC1CC(Nc2nc(Nc3cc(C)[nH]n3)c3ccc(OCc4cccnc4)cc3n2)CC(CC)N1CCC#N. The molecule has 208 valence electrons. The van der Waals surface area contributed by atoms with E-state index in [0.717, 1.165) is 60.1 Å². The number of aromatic nitrogens is 5. The number of aryl methyl sites for hydroxylation is 1. The molecule has 1 fully saturated rings. The fraction of sp³-hybridized carbons (Fsp3) is 0.433. The van der Waals surface area contributed by atoms with Crippen molar-refractivity contribution >= 4 is 28.5 Å². The second-order valence-corrected chi connectivity index (χ2v) is 10.4. The van der Waals surface area contributed by atoms with Gasteiger partial charge in [-0.25, -0.2) is 4.98 Å². The Morgan fingerprint density at radius 3 is 2.62 bits per heavy atom. The fourth-order valence-electron chi connectivity index (χ4n) is 5.58. The predicted octanol–water partition coefficient (Wildman–Crippen LogP) is 5.73. The Hall–Kier alpha value is -4.23. The van der Waals surface area contributed by atoms with Gasteiger partial charge in [-0.1, -0.05) is 19.9 Å². The topological polar surface area (TPSA) is 128 Å². The molecule has 10 nitrogen and oxygen atoms in total. The summed E-state index contributed by atoms with van der Waals surface area (Å²) < 4.78 is 6.07. The molecule has 3 N–H and O–H groups in total. The number of rotatable bonds is 11. The van der Waals surface area contributed by atoms with E-state index in [1.165, 1.54) is 0 Å². The average Bonchev–Trinajstić information content (AvgIpc) is 3.39. The number of anilines is 3. The van der Waals surface area contributed by atoms with E-state index in [1.807, 2.05) is 43.3 Å². The number of pyridine rings is 1. The lowest BCUT2D eigenvalue weighted by atomic mass is 9.88. The van der Waals surface area contributed by atoms with Crippen LogP contribution in [-0.4, -0.2) is 54.7 Å². The van der Waals surface area contributed by atoms with E-state index < -0.39 is 0 Å². The highest BCUT2D eigenvalue weighted by Gasteiger charge is 2.34. The van der Waals surface area contributed by atoms with Crippen LogP contribution < -0.4 is 15.4 Å². The molecule has 1 aliphatic rings. The Morgan fingerprint density at radius 2 is 1.95 bits per heavy atom. The van der Waals surface area contributed by atoms with Gasteiger partial charge >= 0.3 is 0 Å². The van der Waals surface area contributed by atoms with Crippen LogP contribution >= 0.6 is 0 Å². The number of piperidine rings is 1. The minimum absolute atomic E-state index is 0.233. The molecule has 4 aromatic rings. The van der Waals surface area contributed by atoms with Crippen molar-refractivity contribution in [3.05, 3.63) is 60.0 Å². The van der Waals surface area contributed by atoms with Crippen LogP contribution in [0, 0.1) is 18.3 Å². The largest absolute Gasteiger partial charge is 0.489 e. The zero-order chi connectivity index (χ0) is 27.9.